The maximum Gasteiger partial charge on any atom is 0.257 e. The highest BCUT2D eigenvalue weighted by molar-refractivity contribution is 6.31. The van der Waals surface area contributed by atoms with Crippen molar-refractivity contribution < 1.29 is 9.18 Å². The summed E-state index contributed by atoms with van der Waals surface area (Å²) in [5.74, 6) is -0.403. The molecule has 1 unspecified atom stereocenters. The van der Waals surface area contributed by atoms with Gasteiger partial charge >= 0.3 is 0 Å². The number of hydrogen-bond acceptors (Lipinski definition) is 4. The Morgan fingerprint density at radius 1 is 1.24 bits per heavy atom. The zero-order valence-electron chi connectivity index (χ0n) is 16.9. The summed E-state index contributed by atoms with van der Waals surface area (Å²) in [6.45, 7) is 8.10. The van der Waals surface area contributed by atoms with Crippen molar-refractivity contribution in [2.75, 3.05) is 41.7 Å². The van der Waals surface area contributed by atoms with Gasteiger partial charge in [0.15, 0.2) is 0 Å². The Kier molecular flexibility index (Phi) is 5.53. The van der Waals surface area contributed by atoms with Crippen molar-refractivity contribution in [3.63, 3.8) is 0 Å². The van der Waals surface area contributed by atoms with Crippen molar-refractivity contribution in [3.05, 3.63) is 60.0 Å². The first-order valence-corrected chi connectivity index (χ1v) is 10.3. The summed E-state index contributed by atoms with van der Waals surface area (Å²) >= 11 is 0. The molecular formula is C23H27FN4O. The molecule has 5 nitrogen and oxygen atoms in total. The summed E-state index contributed by atoms with van der Waals surface area (Å²) < 4.78 is 14.8. The lowest BCUT2D eigenvalue weighted by Crippen LogP contribution is -2.37. The van der Waals surface area contributed by atoms with E-state index in [1.807, 2.05) is 36.4 Å². The van der Waals surface area contributed by atoms with Crippen LogP contribution < -0.4 is 15.5 Å². The highest BCUT2D eigenvalue weighted by Gasteiger charge is 2.28. The van der Waals surface area contributed by atoms with E-state index in [0.29, 0.717) is 23.0 Å². The summed E-state index contributed by atoms with van der Waals surface area (Å²) in [4.78, 5) is 16.7. The van der Waals surface area contributed by atoms with Crippen LogP contribution in [0.4, 0.5) is 21.5 Å². The molecule has 1 amide bonds. The van der Waals surface area contributed by atoms with Crippen LogP contribution in [0.3, 0.4) is 0 Å². The molecule has 0 aliphatic carbocycles. The number of anilines is 3. The lowest BCUT2D eigenvalue weighted by Gasteiger charge is -2.26. The molecular weight excluding hydrogens is 367 g/mol. The van der Waals surface area contributed by atoms with Crippen LogP contribution in [0.25, 0.3) is 5.57 Å². The number of para-hydroxylation sites is 1. The van der Waals surface area contributed by atoms with Gasteiger partial charge < -0.3 is 15.5 Å². The second-order valence-corrected chi connectivity index (χ2v) is 7.48. The van der Waals surface area contributed by atoms with Crippen LogP contribution in [0.5, 0.6) is 0 Å². The number of rotatable bonds is 6. The lowest BCUT2D eigenvalue weighted by atomic mass is 10.1. The molecule has 2 N–H and O–H groups in total. The van der Waals surface area contributed by atoms with Gasteiger partial charge in [0.05, 0.1) is 11.3 Å². The van der Waals surface area contributed by atoms with Crippen LogP contribution in [0, 0.1) is 5.82 Å². The second kappa shape index (κ2) is 8.25. The minimum absolute atomic E-state index is 0.157. The van der Waals surface area contributed by atoms with Crippen LogP contribution in [0.1, 0.15) is 25.8 Å². The van der Waals surface area contributed by atoms with Crippen molar-refractivity contribution in [2.45, 2.75) is 26.3 Å². The topological polar surface area (TPSA) is 47.6 Å². The fraction of sp³-hybridized carbons (Fsp3) is 0.348. The van der Waals surface area contributed by atoms with Crippen molar-refractivity contribution in [1.29, 1.82) is 0 Å². The van der Waals surface area contributed by atoms with E-state index in [2.05, 4.69) is 34.3 Å². The van der Waals surface area contributed by atoms with Gasteiger partial charge in [-0.25, -0.2) is 4.39 Å². The molecule has 2 heterocycles. The molecule has 0 radical (unpaired) electrons. The summed E-state index contributed by atoms with van der Waals surface area (Å²) in [5.41, 5.74) is 3.45. The Morgan fingerprint density at radius 3 is 2.79 bits per heavy atom. The van der Waals surface area contributed by atoms with E-state index in [1.165, 1.54) is 6.07 Å². The van der Waals surface area contributed by atoms with E-state index < -0.39 is 0 Å². The number of nitrogens with one attached hydrogen (secondary N) is 2. The molecule has 1 fully saturated rings. The van der Waals surface area contributed by atoms with Crippen LogP contribution in [0.15, 0.2) is 48.7 Å². The zero-order valence-corrected chi connectivity index (χ0v) is 16.9. The highest BCUT2D eigenvalue weighted by Crippen LogP contribution is 2.32. The van der Waals surface area contributed by atoms with Gasteiger partial charge in [-0.15, -0.1) is 0 Å². The molecule has 0 aromatic heterocycles. The number of nitrogens with zero attached hydrogens (tertiary/aromatic N) is 2. The SMILES string of the molecule is CCN(CC)C1CCN(c2ccc(NC=C3C(=O)Nc4ccccc43)cc2F)C1. The molecule has 152 valence electrons. The van der Waals surface area contributed by atoms with Crippen LogP contribution in [-0.4, -0.2) is 43.0 Å². The van der Waals surface area contributed by atoms with Crippen molar-refractivity contribution in [1.82, 2.24) is 4.90 Å². The standard InChI is InChI=1S/C23H27FN4O/c1-3-27(4-2)17-11-12-28(15-17)22-10-9-16(13-20(22)24)25-14-19-18-7-5-6-8-21(18)26-23(19)29/h5-10,13-14,17,25H,3-4,11-12,15H2,1-2H3,(H,26,29). The van der Waals surface area contributed by atoms with Gasteiger partial charge in [-0.05, 0) is 43.8 Å². The quantitative estimate of drug-likeness (QED) is 0.723. The maximum absolute atomic E-state index is 14.8. The van der Waals surface area contributed by atoms with E-state index >= 15 is 0 Å². The largest absolute Gasteiger partial charge is 0.368 e. The van der Waals surface area contributed by atoms with E-state index in [9.17, 15) is 9.18 Å². The third-order valence-corrected chi connectivity index (χ3v) is 5.87. The molecule has 2 aliphatic rings. The van der Waals surface area contributed by atoms with Gasteiger partial charge in [0.25, 0.3) is 5.91 Å². The van der Waals surface area contributed by atoms with Gasteiger partial charge in [-0.2, -0.15) is 0 Å². The van der Waals surface area contributed by atoms with Gasteiger partial charge in [-0.3, -0.25) is 9.69 Å². The first-order chi connectivity index (χ1) is 14.1. The monoisotopic (exact) mass is 394 g/mol. The second-order valence-electron chi connectivity index (χ2n) is 7.48. The Balaban J connectivity index is 1.47. The molecule has 1 saturated heterocycles. The Bertz CT molecular complexity index is 938. The van der Waals surface area contributed by atoms with E-state index in [-0.39, 0.29) is 11.7 Å². The number of halogens is 1. The molecule has 29 heavy (non-hydrogen) atoms. The smallest absolute Gasteiger partial charge is 0.257 e. The van der Waals surface area contributed by atoms with Gasteiger partial charge in [-0.1, -0.05) is 32.0 Å². The summed E-state index contributed by atoms with van der Waals surface area (Å²) in [7, 11) is 0. The maximum atomic E-state index is 14.8. The number of carbonyl (C=O) groups is 1. The number of likely N-dealkylation sites (N-methyl/N-ethyl adjacent to an activating group) is 1. The van der Waals surface area contributed by atoms with Crippen molar-refractivity contribution >= 4 is 28.5 Å². The molecule has 0 saturated carbocycles. The molecule has 2 aromatic carbocycles. The zero-order chi connectivity index (χ0) is 20.4. The number of benzene rings is 2. The van der Waals surface area contributed by atoms with Crippen LogP contribution in [0.2, 0.25) is 0 Å². The average Bonchev–Trinajstić information content (AvgIpc) is 3.32. The summed E-state index contributed by atoms with van der Waals surface area (Å²) in [6, 6.07) is 13.2. The number of carbonyl (C=O) groups excluding carboxylic acids is 1. The predicted molar refractivity (Wildman–Crippen MR) is 117 cm³/mol. The molecule has 6 heteroatoms. The highest BCUT2D eigenvalue weighted by atomic mass is 19.1. The van der Waals surface area contributed by atoms with Gasteiger partial charge in [0.1, 0.15) is 5.82 Å². The minimum Gasteiger partial charge on any atom is -0.368 e. The fourth-order valence-corrected chi connectivity index (χ4v) is 4.29. The predicted octanol–water partition coefficient (Wildman–Crippen LogP) is 4.15. The van der Waals surface area contributed by atoms with E-state index in [4.69, 9.17) is 0 Å². The molecule has 0 bridgehead atoms. The Hall–Kier alpha value is -2.86. The van der Waals surface area contributed by atoms with Crippen LogP contribution in [-0.2, 0) is 4.79 Å². The molecule has 2 aromatic rings. The number of amides is 1. The Morgan fingerprint density at radius 2 is 2.03 bits per heavy atom. The summed E-state index contributed by atoms with van der Waals surface area (Å²) in [6.07, 6.45) is 2.70. The Labute approximate surface area is 171 Å². The fourth-order valence-electron chi connectivity index (χ4n) is 4.29. The van der Waals surface area contributed by atoms with Gasteiger partial charge in [0.2, 0.25) is 0 Å². The third-order valence-electron chi connectivity index (χ3n) is 5.87. The first-order valence-electron chi connectivity index (χ1n) is 10.3. The van der Waals surface area contributed by atoms with Crippen molar-refractivity contribution in [3.8, 4) is 0 Å². The normalized spacial score (nSPS) is 19.7. The third kappa shape index (κ3) is 3.85. The summed E-state index contributed by atoms with van der Waals surface area (Å²) in [5, 5.41) is 5.90. The average molecular weight is 394 g/mol. The van der Waals surface area contributed by atoms with Gasteiger partial charge in [0, 0.05) is 42.3 Å². The molecule has 2 aliphatic heterocycles. The number of fused-ring (bicyclic) bond motifs is 1. The lowest BCUT2D eigenvalue weighted by molar-refractivity contribution is -0.110. The molecule has 4 rings (SSSR count). The number of hydrogen-bond donors (Lipinski definition) is 2. The van der Waals surface area contributed by atoms with Crippen molar-refractivity contribution in [2.24, 2.45) is 0 Å². The van der Waals surface area contributed by atoms with E-state index in [0.717, 1.165) is 43.9 Å². The van der Waals surface area contributed by atoms with Crippen LogP contribution >= 0.6 is 0 Å². The first kappa shape index (κ1) is 19.5. The van der Waals surface area contributed by atoms with E-state index in [1.54, 1.807) is 6.20 Å². The molecule has 1 atom stereocenters. The minimum atomic E-state index is -0.245. The molecule has 0 spiro atoms.